The van der Waals surface area contributed by atoms with E-state index in [9.17, 15) is 0 Å². The van der Waals surface area contributed by atoms with E-state index < -0.39 is 0 Å². The van der Waals surface area contributed by atoms with Crippen molar-refractivity contribution < 1.29 is 0 Å². The van der Waals surface area contributed by atoms with Crippen molar-refractivity contribution in [3.8, 4) is 12.1 Å². The van der Waals surface area contributed by atoms with Crippen LogP contribution in [0.2, 0.25) is 0 Å². The van der Waals surface area contributed by atoms with Gasteiger partial charge in [0.15, 0.2) is 5.57 Å². The lowest BCUT2D eigenvalue weighted by atomic mass is 10.3. The van der Waals surface area contributed by atoms with Gasteiger partial charge in [0.2, 0.25) is 0 Å². The van der Waals surface area contributed by atoms with E-state index in [0.717, 1.165) is 0 Å². The second kappa shape index (κ2) is 4.19. The van der Waals surface area contributed by atoms with Crippen LogP contribution in [0.5, 0.6) is 0 Å². The fourth-order valence-electron chi connectivity index (χ4n) is 0.529. The van der Waals surface area contributed by atoms with Gasteiger partial charge in [0.05, 0.1) is 0 Å². The van der Waals surface area contributed by atoms with Gasteiger partial charge in [-0.1, -0.05) is 0 Å². The van der Waals surface area contributed by atoms with Crippen LogP contribution in [0.4, 0.5) is 0 Å². The molecular formula is C7H10N4. The molecule has 0 aliphatic rings. The topological polar surface area (TPSA) is 85.6 Å². The highest BCUT2D eigenvalue weighted by atomic mass is 15.0. The molecule has 0 aromatic heterocycles. The van der Waals surface area contributed by atoms with E-state index >= 15 is 0 Å². The summed E-state index contributed by atoms with van der Waals surface area (Å²) in [6.07, 6.45) is 0. The zero-order valence-electron chi connectivity index (χ0n) is 6.55. The first kappa shape index (κ1) is 9.32. The number of nitrogens with zero attached hydrogens (tertiary/aromatic N) is 2. The van der Waals surface area contributed by atoms with Crippen molar-refractivity contribution in [3.63, 3.8) is 0 Å². The van der Waals surface area contributed by atoms with Crippen LogP contribution < -0.4 is 11.1 Å². The SMILES string of the molecule is CC(C)NC(N)=C(C#N)C#N. The number of allylic oxidation sites excluding steroid dienone is 1. The van der Waals surface area contributed by atoms with Crippen molar-refractivity contribution in [3.05, 3.63) is 11.4 Å². The highest BCUT2D eigenvalue weighted by Gasteiger charge is 2.01. The zero-order valence-corrected chi connectivity index (χ0v) is 6.55. The minimum Gasteiger partial charge on any atom is -0.384 e. The molecule has 0 aliphatic carbocycles. The van der Waals surface area contributed by atoms with Crippen LogP contribution >= 0.6 is 0 Å². The van der Waals surface area contributed by atoms with Gasteiger partial charge >= 0.3 is 0 Å². The van der Waals surface area contributed by atoms with E-state index in [0.29, 0.717) is 0 Å². The largest absolute Gasteiger partial charge is 0.384 e. The van der Waals surface area contributed by atoms with Crippen molar-refractivity contribution in [2.45, 2.75) is 19.9 Å². The van der Waals surface area contributed by atoms with Crippen LogP contribution in [0.1, 0.15) is 13.8 Å². The van der Waals surface area contributed by atoms with Gasteiger partial charge in [-0.15, -0.1) is 0 Å². The Hall–Kier alpha value is -1.68. The molecular weight excluding hydrogens is 140 g/mol. The molecule has 0 rings (SSSR count). The third kappa shape index (κ3) is 3.12. The van der Waals surface area contributed by atoms with E-state index in [1.165, 1.54) is 0 Å². The molecule has 0 fully saturated rings. The van der Waals surface area contributed by atoms with E-state index in [1.807, 2.05) is 13.8 Å². The second-order valence-corrected chi connectivity index (χ2v) is 2.31. The Balaban J connectivity index is 4.43. The van der Waals surface area contributed by atoms with Gasteiger partial charge in [0.1, 0.15) is 18.0 Å². The molecule has 0 spiro atoms. The number of nitrogens with one attached hydrogen (secondary N) is 1. The molecule has 58 valence electrons. The van der Waals surface area contributed by atoms with Crippen LogP contribution in [0.3, 0.4) is 0 Å². The molecule has 0 radical (unpaired) electrons. The second-order valence-electron chi connectivity index (χ2n) is 2.31. The lowest BCUT2D eigenvalue weighted by Gasteiger charge is -2.08. The molecule has 0 aromatic carbocycles. The normalized spacial score (nSPS) is 8.09. The van der Waals surface area contributed by atoms with Crippen molar-refractivity contribution in [2.24, 2.45) is 5.73 Å². The summed E-state index contributed by atoms with van der Waals surface area (Å²) in [6.45, 7) is 3.75. The molecule has 0 saturated carbocycles. The van der Waals surface area contributed by atoms with Crippen LogP contribution in [0.25, 0.3) is 0 Å². The maximum atomic E-state index is 8.36. The van der Waals surface area contributed by atoms with Gasteiger partial charge in [-0.25, -0.2) is 0 Å². The van der Waals surface area contributed by atoms with E-state index in [4.69, 9.17) is 16.3 Å². The first-order chi connectivity index (χ1) is 5.11. The summed E-state index contributed by atoms with van der Waals surface area (Å²) in [6, 6.07) is 3.51. The average Bonchev–Trinajstić information content (AvgIpc) is 1.88. The van der Waals surface area contributed by atoms with Crippen molar-refractivity contribution in [1.29, 1.82) is 10.5 Å². The number of nitriles is 2. The molecule has 0 heterocycles. The summed E-state index contributed by atoms with van der Waals surface area (Å²) < 4.78 is 0. The minimum atomic E-state index is -0.0706. The van der Waals surface area contributed by atoms with Gasteiger partial charge in [-0.05, 0) is 13.8 Å². The molecule has 0 aliphatic heterocycles. The lowest BCUT2D eigenvalue weighted by Crippen LogP contribution is -2.28. The summed E-state index contributed by atoms with van der Waals surface area (Å²) in [5.41, 5.74) is 5.29. The zero-order chi connectivity index (χ0) is 8.85. The number of rotatable bonds is 2. The molecule has 0 atom stereocenters. The Morgan fingerprint density at radius 3 is 2.09 bits per heavy atom. The number of hydrogen-bond acceptors (Lipinski definition) is 4. The fourth-order valence-corrected chi connectivity index (χ4v) is 0.529. The third-order valence-corrected chi connectivity index (χ3v) is 0.937. The van der Waals surface area contributed by atoms with Gasteiger partial charge < -0.3 is 11.1 Å². The summed E-state index contributed by atoms with van der Waals surface area (Å²) in [5.74, 6) is 0.144. The summed E-state index contributed by atoms with van der Waals surface area (Å²) in [7, 11) is 0. The fraction of sp³-hybridized carbons (Fsp3) is 0.429. The molecule has 11 heavy (non-hydrogen) atoms. The highest BCUT2D eigenvalue weighted by molar-refractivity contribution is 5.38. The van der Waals surface area contributed by atoms with Crippen LogP contribution in [0, 0.1) is 22.7 Å². The molecule has 3 N–H and O–H groups in total. The first-order valence-corrected chi connectivity index (χ1v) is 3.18. The van der Waals surface area contributed by atoms with Gasteiger partial charge in [-0.3, -0.25) is 0 Å². The monoisotopic (exact) mass is 150 g/mol. The Morgan fingerprint density at radius 1 is 1.36 bits per heavy atom. The maximum Gasteiger partial charge on any atom is 0.169 e. The van der Waals surface area contributed by atoms with Gasteiger partial charge in [-0.2, -0.15) is 10.5 Å². The highest BCUT2D eigenvalue weighted by Crippen LogP contribution is 1.93. The maximum absolute atomic E-state index is 8.36. The Kier molecular flexibility index (Phi) is 3.55. The quantitative estimate of drug-likeness (QED) is 0.550. The Labute approximate surface area is 65.9 Å². The molecule has 0 aromatic rings. The predicted molar refractivity (Wildman–Crippen MR) is 40.7 cm³/mol. The molecule has 4 nitrogen and oxygen atoms in total. The summed E-state index contributed by atoms with van der Waals surface area (Å²) in [5, 5.41) is 19.5. The van der Waals surface area contributed by atoms with Crippen molar-refractivity contribution in [1.82, 2.24) is 5.32 Å². The minimum absolute atomic E-state index is 0.0706. The Bertz CT molecular complexity index is 222. The van der Waals surface area contributed by atoms with Crippen LogP contribution in [-0.2, 0) is 0 Å². The summed E-state index contributed by atoms with van der Waals surface area (Å²) in [4.78, 5) is 0. The predicted octanol–water partition coefficient (Wildman–Crippen LogP) is 0.202. The Morgan fingerprint density at radius 2 is 1.82 bits per heavy atom. The van der Waals surface area contributed by atoms with Crippen molar-refractivity contribution >= 4 is 0 Å². The number of hydrogen-bond donors (Lipinski definition) is 2. The molecule has 0 bridgehead atoms. The van der Waals surface area contributed by atoms with Gasteiger partial charge in [0.25, 0.3) is 0 Å². The molecule has 0 unspecified atom stereocenters. The van der Waals surface area contributed by atoms with E-state index in [-0.39, 0.29) is 17.4 Å². The van der Waals surface area contributed by atoms with E-state index in [1.54, 1.807) is 12.1 Å². The van der Waals surface area contributed by atoms with Crippen LogP contribution in [-0.4, -0.2) is 6.04 Å². The van der Waals surface area contributed by atoms with Crippen LogP contribution in [0.15, 0.2) is 11.4 Å². The van der Waals surface area contributed by atoms with Gasteiger partial charge in [0, 0.05) is 6.04 Å². The molecule has 0 amide bonds. The first-order valence-electron chi connectivity index (χ1n) is 3.18. The third-order valence-electron chi connectivity index (χ3n) is 0.937. The van der Waals surface area contributed by atoms with Crippen molar-refractivity contribution in [2.75, 3.05) is 0 Å². The lowest BCUT2D eigenvalue weighted by molar-refractivity contribution is 0.661. The molecule has 0 saturated heterocycles. The average molecular weight is 150 g/mol. The number of nitrogens with two attached hydrogens (primary N) is 1. The standard InChI is InChI=1S/C7H10N4/c1-5(2)11-7(10)6(3-8)4-9/h5,11H,10H2,1-2H3. The van der Waals surface area contributed by atoms with E-state index in [2.05, 4.69) is 5.32 Å². The summed E-state index contributed by atoms with van der Waals surface area (Å²) >= 11 is 0. The smallest absolute Gasteiger partial charge is 0.169 e. The molecule has 4 heteroatoms.